The highest BCUT2D eigenvalue weighted by Gasteiger charge is 2.12. The molecule has 3 nitrogen and oxygen atoms in total. The summed E-state index contributed by atoms with van der Waals surface area (Å²) in [6.07, 6.45) is 0. The first-order valence-electron chi connectivity index (χ1n) is 4.17. The number of esters is 1. The van der Waals surface area contributed by atoms with Crippen LogP contribution in [0.2, 0.25) is 0 Å². The third-order valence-electron chi connectivity index (χ3n) is 1.63. The van der Waals surface area contributed by atoms with Crippen LogP contribution in [0.15, 0.2) is 17.5 Å². The van der Waals surface area contributed by atoms with E-state index in [1.807, 2.05) is 11.4 Å². The van der Waals surface area contributed by atoms with Gasteiger partial charge in [0, 0.05) is 16.4 Å². The number of ether oxygens (including phenoxy) is 1. The van der Waals surface area contributed by atoms with Crippen molar-refractivity contribution in [1.82, 2.24) is 0 Å². The SMILES string of the molecule is COC(=O)[C@@H](N)CSCc1cccs1. The van der Waals surface area contributed by atoms with Gasteiger partial charge in [-0.25, -0.2) is 0 Å². The van der Waals surface area contributed by atoms with Gasteiger partial charge in [-0.2, -0.15) is 11.8 Å². The zero-order valence-corrected chi connectivity index (χ0v) is 9.57. The van der Waals surface area contributed by atoms with Crippen LogP contribution in [0.25, 0.3) is 0 Å². The van der Waals surface area contributed by atoms with Crippen molar-refractivity contribution in [2.24, 2.45) is 5.73 Å². The van der Waals surface area contributed by atoms with Crippen LogP contribution in [-0.2, 0) is 15.3 Å². The standard InChI is InChI=1S/C9H13NO2S2/c1-12-9(11)8(10)6-13-5-7-3-2-4-14-7/h2-4,8H,5-6,10H2,1H3/t8-/m0/s1. The number of carbonyl (C=O) groups is 1. The van der Waals surface area contributed by atoms with E-state index >= 15 is 0 Å². The van der Waals surface area contributed by atoms with Gasteiger partial charge in [-0.15, -0.1) is 11.3 Å². The highest BCUT2D eigenvalue weighted by molar-refractivity contribution is 7.98. The molecule has 0 saturated carbocycles. The summed E-state index contributed by atoms with van der Waals surface area (Å²) in [7, 11) is 1.35. The number of methoxy groups -OCH3 is 1. The van der Waals surface area contributed by atoms with Gasteiger partial charge in [0.25, 0.3) is 0 Å². The Kier molecular flexibility index (Phi) is 5.00. The molecule has 0 amide bonds. The number of thioether (sulfide) groups is 1. The van der Waals surface area contributed by atoms with E-state index in [0.717, 1.165) is 5.75 Å². The molecule has 1 rings (SSSR count). The van der Waals surface area contributed by atoms with Crippen LogP contribution in [0.5, 0.6) is 0 Å². The number of nitrogens with two attached hydrogens (primary N) is 1. The molecule has 1 aromatic heterocycles. The molecule has 0 saturated heterocycles. The minimum atomic E-state index is -0.509. The number of carbonyl (C=O) groups excluding carboxylic acids is 1. The number of hydrogen-bond acceptors (Lipinski definition) is 5. The van der Waals surface area contributed by atoms with Crippen molar-refractivity contribution in [3.05, 3.63) is 22.4 Å². The summed E-state index contributed by atoms with van der Waals surface area (Å²) < 4.78 is 4.53. The van der Waals surface area contributed by atoms with Crippen LogP contribution in [-0.4, -0.2) is 24.9 Å². The van der Waals surface area contributed by atoms with Crippen molar-refractivity contribution in [3.8, 4) is 0 Å². The third kappa shape index (κ3) is 3.69. The maximum atomic E-state index is 10.9. The number of rotatable bonds is 5. The highest BCUT2D eigenvalue weighted by Crippen LogP contribution is 2.17. The molecule has 0 aliphatic carbocycles. The van der Waals surface area contributed by atoms with Gasteiger partial charge >= 0.3 is 5.97 Å². The van der Waals surface area contributed by atoms with Crippen LogP contribution in [0.3, 0.4) is 0 Å². The Morgan fingerprint density at radius 2 is 2.57 bits per heavy atom. The average Bonchev–Trinajstić information content (AvgIpc) is 2.69. The summed E-state index contributed by atoms with van der Waals surface area (Å²) in [5, 5.41) is 2.04. The fourth-order valence-corrected chi connectivity index (χ4v) is 2.72. The Labute approximate surface area is 91.6 Å². The van der Waals surface area contributed by atoms with Crippen molar-refractivity contribution in [2.45, 2.75) is 11.8 Å². The van der Waals surface area contributed by atoms with Gasteiger partial charge in [-0.3, -0.25) is 4.79 Å². The number of hydrogen-bond donors (Lipinski definition) is 1. The van der Waals surface area contributed by atoms with Gasteiger partial charge in [0.2, 0.25) is 0 Å². The van der Waals surface area contributed by atoms with Gasteiger partial charge < -0.3 is 10.5 Å². The predicted molar refractivity (Wildman–Crippen MR) is 60.5 cm³/mol. The zero-order valence-electron chi connectivity index (χ0n) is 7.93. The molecule has 0 aliphatic rings. The molecule has 0 aliphatic heterocycles. The smallest absolute Gasteiger partial charge is 0.323 e. The van der Waals surface area contributed by atoms with Crippen molar-refractivity contribution < 1.29 is 9.53 Å². The van der Waals surface area contributed by atoms with E-state index in [1.54, 1.807) is 23.1 Å². The highest BCUT2D eigenvalue weighted by atomic mass is 32.2. The second kappa shape index (κ2) is 6.06. The molecule has 14 heavy (non-hydrogen) atoms. The monoisotopic (exact) mass is 231 g/mol. The largest absolute Gasteiger partial charge is 0.468 e. The topological polar surface area (TPSA) is 52.3 Å². The second-order valence-corrected chi connectivity index (χ2v) is 4.79. The van der Waals surface area contributed by atoms with Crippen LogP contribution < -0.4 is 5.73 Å². The van der Waals surface area contributed by atoms with Crippen LogP contribution >= 0.6 is 23.1 Å². The Morgan fingerprint density at radius 3 is 3.14 bits per heavy atom. The Morgan fingerprint density at radius 1 is 1.79 bits per heavy atom. The first kappa shape index (κ1) is 11.6. The first-order chi connectivity index (χ1) is 6.74. The number of thiophene rings is 1. The second-order valence-electron chi connectivity index (χ2n) is 2.72. The molecular formula is C9H13NO2S2. The lowest BCUT2D eigenvalue weighted by atomic mass is 10.4. The van der Waals surface area contributed by atoms with E-state index < -0.39 is 6.04 Å². The van der Waals surface area contributed by atoms with Crippen molar-refractivity contribution in [3.63, 3.8) is 0 Å². The summed E-state index contributed by atoms with van der Waals surface area (Å²) in [5.74, 6) is 1.16. The van der Waals surface area contributed by atoms with Crippen molar-refractivity contribution in [2.75, 3.05) is 12.9 Å². The summed E-state index contributed by atoms with van der Waals surface area (Å²) in [4.78, 5) is 12.2. The Balaban J connectivity index is 2.18. The molecule has 0 aromatic carbocycles. The van der Waals surface area contributed by atoms with Crippen molar-refractivity contribution >= 4 is 29.1 Å². The molecule has 0 unspecified atom stereocenters. The summed E-state index contributed by atoms with van der Waals surface area (Å²) in [5.41, 5.74) is 5.58. The molecular weight excluding hydrogens is 218 g/mol. The molecule has 0 fully saturated rings. The molecule has 2 N–H and O–H groups in total. The normalized spacial score (nSPS) is 12.4. The van der Waals surface area contributed by atoms with E-state index in [-0.39, 0.29) is 5.97 Å². The van der Waals surface area contributed by atoms with Crippen LogP contribution in [0.4, 0.5) is 0 Å². The lowest BCUT2D eigenvalue weighted by Crippen LogP contribution is -2.33. The summed E-state index contributed by atoms with van der Waals surface area (Å²) >= 11 is 3.36. The third-order valence-corrected chi connectivity index (χ3v) is 3.79. The Bertz CT molecular complexity index is 274. The fourth-order valence-electron chi connectivity index (χ4n) is 0.901. The minimum Gasteiger partial charge on any atom is -0.468 e. The first-order valence-corrected chi connectivity index (χ1v) is 6.21. The maximum Gasteiger partial charge on any atom is 0.323 e. The molecule has 0 spiro atoms. The van der Waals surface area contributed by atoms with E-state index in [0.29, 0.717) is 5.75 Å². The molecule has 1 aromatic rings. The lowest BCUT2D eigenvalue weighted by Gasteiger charge is -2.07. The molecule has 0 radical (unpaired) electrons. The van der Waals surface area contributed by atoms with Gasteiger partial charge in [-0.05, 0) is 11.4 Å². The quantitative estimate of drug-likeness (QED) is 0.780. The van der Waals surface area contributed by atoms with Gasteiger partial charge in [0.05, 0.1) is 7.11 Å². The molecule has 5 heteroatoms. The molecule has 1 heterocycles. The maximum absolute atomic E-state index is 10.9. The van der Waals surface area contributed by atoms with Crippen LogP contribution in [0.1, 0.15) is 4.88 Å². The van der Waals surface area contributed by atoms with Crippen LogP contribution in [0, 0.1) is 0 Å². The molecule has 1 atom stereocenters. The fraction of sp³-hybridized carbons (Fsp3) is 0.444. The lowest BCUT2D eigenvalue weighted by molar-refractivity contribution is -0.141. The van der Waals surface area contributed by atoms with E-state index in [4.69, 9.17) is 5.73 Å². The Hall–Kier alpha value is -0.520. The zero-order chi connectivity index (χ0) is 10.4. The minimum absolute atomic E-state index is 0.344. The summed E-state index contributed by atoms with van der Waals surface area (Å²) in [6.45, 7) is 0. The molecule has 0 bridgehead atoms. The predicted octanol–water partition coefficient (Wildman–Crippen LogP) is 1.48. The van der Waals surface area contributed by atoms with E-state index in [9.17, 15) is 4.79 Å². The van der Waals surface area contributed by atoms with E-state index in [1.165, 1.54) is 12.0 Å². The van der Waals surface area contributed by atoms with Gasteiger partial charge in [-0.1, -0.05) is 6.07 Å². The average molecular weight is 231 g/mol. The van der Waals surface area contributed by atoms with Gasteiger partial charge in [0.1, 0.15) is 6.04 Å². The van der Waals surface area contributed by atoms with Crippen molar-refractivity contribution in [1.29, 1.82) is 0 Å². The van der Waals surface area contributed by atoms with Gasteiger partial charge in [0.15, 0.2) is 0 Å². The van der Waals surface area contributed by atoms with E-state index in [2.05, 4.69) is 10.8 Å². The summed E-state index contributed by atoms with van der Waals surface area (Å²) in [6, 6.07) is 3.58. The molecule has 78 valence electrons.